The lowest BCUT2D eigenvalue weighted by molar-refractivity contribution is 0.320. The molecule has 1 N–H and O–H groups in total. The van der Waals surface area contributed by atoms with Gasteiger partial charge in [-0.3, -0.25) is 0 Å². The number of nitrogens with one attached hydrogen (secondary N) is 1. The van der Waals surface area contributed by atoms with Crippen LogP contribution in [-0.4, -0.2) is 32.5 Å². The Morgan fingerprint density at radius 1 is 1.29 bits per heavy atom. The maximum Gasteiger partial charge on any atom is 0.151 e. The van der Waals surface area contributed by atoms with E-state index < -0.39 is 9.84 Å². The van der Waals surface area contributed by atoms with Crippen LogP contribution in [0.1, 0.15) is 46.0 Å². The van der Waals surface area contributed by atoms with Gasteiger partial charge >= 0.3 is 0 Å². The van der Waals surface area contributed by atoms with Gasteiger partial charge < -0.3 is 5.32 Å². The average molecular weight is 259 g/mol. The average Bonchev–Trinajstić information content (AvgIpc) is 2.85. The first-order valence-electron chi connectivity index (χ1n) is 6.77. The predicted molar refractivity (Wildman–Crippen MR) is 70.8 cm³/mol. The lowest BCUT2D eigenvalue weighted by Crippen LogP contribution is -2.43. The van der Waals surface area contributed by atoms with Crippen molar-refractivity contribution in [3.8, 4) is 0 Å². The highest BCUT2D eigenvalue weighted by Gasteiger charge is 2.46. The molecule has 0 bridgehead atoms. The van der Waals surface area contributed by atoms with Gasteiger partial charge in [0.2, 0.25) is 0 Å². The Balaban J connectivity index is 1.91. The van der Waals surface area contributed by atoms with Gasteiger partial charge in [-0.1, -0.05) is 20.3 Å². The zero-order chi connectivity index (χ0) is 12.7. The first-order chi connectivity index (χ1) is 7.85. The molecule has 0 amide bonds. The minimum Gasteiger partial charge on any atom is -0.312 e. The van der Waals surface area contributed by atoms with Gasteiger partial charge in [-0.05, 0) is 37.0 Å². The fourth-order valence-corrected chi connectivity index (χ4v) is 4.55. The maximum absolute atomic E-state index is 11.7. The van der Waals surface area contributed by atoms with Crippen LogP contribution >= 0.6 is 0 Å². The Bertz CT molecular complexity index is 371. The van der Waals surface area contributed by atoms with Gasteiger partial charge in [-0.2, -0.15) is 0 Å². The van der Waals surface area contributed by atoms with Crippen LogP contribution in [0.4, 0.5) is 0 Å². The van der Waals surface area contributed by atoms with Crippen molar-refractivity contribution in [1.82, 2.24) is 5.32 Å². The lowest BCUT2D eigenvalue weighted by atomic mass is 9.92. The Morgan fingerprint density at radius 2 is 1.94 bits per heavy atom. The largest absolute Gasteiger partial charge is 0.312 e. The zero-order valence-electron chi connectivity index (χ0n) is 11.2. The molecule has 0 aromatic carbocycles. The molecule has 2 fully saturated rings. The van der Waals surface area contributed by atoms with Crippen molar-refractivity contribution < 1.29 is 8.42 Å². The quantitative estimate of drug-likeness (QED) is 0.821. The molecule has 4 heteroatoms. The molecule has 0 aromatic heterocycles. The molecule has 0 aliphatic heterocycles. The first-order valence-corrected chi connectivity index (χ1v) is 8.73. The summed E-state index contributed by atoms with van der Waals surface area (Å²) in [5.74, 6) is 0.702. The molecule has 2 unspecified atom stereocenters. The Hall–Kier alpha value is -0.0900. The van der Waals surface area contributed by atoms with Crippen LogP contribution < -0.4 is 5.32 Å². The van der Waals surface area contributed by atoms with Gasteiger partial charge in [-0.15, -0.1) is 0 Å². The number of hydrogen-bond acceptors (Lipinski definition) is 3. The number of hydrogen-bond donors (Lipinski definition) is 1. The van der Waals surface area contributed by atoms with Gasteiger partial charge in [0.15, 0.2) is 9.84 Å². The Kier molecular flexibility index (Phi) is 3.56. The molecule has 0 radical (unpaired) electrons. The highest BCUT2D eigenvalue weighted by Crippen LogP contribution is 2.51. The second-order valence-electron chi connectivity index (χ2n) is 6.30. The minimum absolute atomic E-state index is 0.148. The summed E-state index contributed by atoms with van der Waals surface area (Å²) in [6.07, 6.45) is 6.88. The van der Waals surface area contributed by atoms with Crippen molar-refractivity contribution >= 4 is 9.84 Å². The highest BCUT2D eigenvalue weighted by atomic mass is 32.2. The van der Waals surface area contributed by atoms with E-state index in [4.69, 9.17) is 0 Å². The van der Waals surface area contributed by atoms with E-state index in [1.165, 1.54) is 19.1 Å². The summed E-state index contributed by atoms with van der Waals surface area (Å²) in [4.78, 5) is 0. The number of sulfone groups is 1. The molecule has 0 spiro atoms. The molecular formula is C13H25NO2S. The van der Waals surface area contributed by atoms with Crippen molar-refractivity contribution in [2.45, 2.75) is 57.2 Å². The lowest BCUT2D eigenvalue weighted by Gasteiger charge is -2.25. The van der Waals surface area contributed by atoms with Crippen LogP contribution in [0.25, 0.3) is 0 Å². The summed E-state index contributed by atoms with van der Waals surface area (Å²) in [6, 6.07) is 0.196. The van der Waals surface area contributed by atoms with Crippen LogP contribution in [0.3, 0.4) is 0 Å². The Morgan fingerprint density at radius 3 is 2.41 bits per heavy atom. The third-order valence-electron chi connectivity index (χ3n) is 4.84. The number of rotatable bonds is 5. The predicted octanol–water partition coefficient (Wildman–Crippen LogP) is 1.98. The van der Waals surface area contributed by atoms with Crippen LogP contribution in [0.5, 0.6) is 0 Å². The topological polar surface area (TPSA) is 46.2 Å². The molecule has 3 nitrogen and oxygen atoms in total. The van der Waals surface area contributed by atoms with E-state index in [1.807, 2.05) is 0 Å². The van der Waals surface area contributed by atoms with Crippen LogP contribution in [0.15, 0.2) is 0 Å². The van der Waals surface area contributed by atoms with E-state index >= 15 is 0 Å². The summed E-state index contributed by atoms with van der Waals surface area (Å²) in [7, 11) is -2.88. The monoisotopic (exact) mass is 259 g/mol. The molecule has 0 aromatic rings. The summed E-state index contributed by atoms with van der Waals surface area (Å²) in [5.41, 5.74) is 0.463. The Labute approximate surface area is 105 Å². The molecule has 17 heavy (non-hydrogen) atoms. The summed E-state index contributed by atoms with van der Waals surface area (Å²) < 4.78 is 23.4. The van der Waals surface area contributed by atoms with E-state index in [2.05, 4.69) is 19.2 Å². The van der Waals surface area contributed by atoms with E-state index in [0.717, 1.165) is 25.8 Å². The molecule has 0 heterocycles. The SMILES string of the molecule is CC(C)C1(CNC2CCCC2S(C)(=O)=O)CC1. The maximum atomic E-state index is 11.7. The second-order valence-corrected chi connectivity index (χ2v) is 8.57. The molecule has 0 saturated heterocycles. The van der Waals surface area contributed by atoms with Crippen molar-refractivity contribution in [3.63, 3.8) is 0 Å². The zero-order valence-corrected chi connectivity index (χ0v) is 12.0. The van der Waals surface area contributed by atoms with E-state index in [1.54, 1.807) is 0 Å². The normalized spacial score (nSPS) is 32.0. The molecule has 100 valence electrons. The first kappa shape index (κ1) is 13.3. The van der Waals surface area contributed by atoms with Crippen molar-refractivity contribution in [2.24, 2.45) is 11.3 Å². The van der Waals surface area contributed by atoms with Crippen molar-refractivity contribution in [1.29, 1.82) is 0 Å². The van der Waals surface area contributed by atoms with Gasteiger partial charge in [0.1, 0.15) is 0 Å². The minimum atomic E-state index is -2.88. The van der Waals surface area contributed by atoms with E-state index in [-0.39, 0.29) is 11.3 Å². The molecule has 2 aliphatic rings. The standard InChI is InChI=1S/C13H25NO2S/c1-10(2)13(7-8-13)9-14-11-5-4-6-12(11)17(3,15)16/h10-12,14H,4-9H2,1-3H3. The van der Waals surface area contributed by atoms with Crippen LogP contribution in [-0.2, 0) is 9.84 Å². The summed E-state index contributed by atoms with van der Waals surface area (Å²) in [5, 5.41) is 3.40. The van der Waals surface area contributed by atoms with Crippen LogP contribution in [0.2, 0.25) is 0 Å². The van der Waals surface area contributed by atoms with Crippen molar-refractivity contribution in [3.05, 3.63) is 0 Å². The molecule has 2 rings (SSSR count). The van der Waals surface area contributed by atoms with Crippen molar-refractivity contribution in [2.75, 3.05) is 12.8 Å². The summed E-state index contributed by atoms with van der Waals surface area (Å²) >= 11 is 0. The molecule has 2 atom stereocenters. The fourth-order valence-electron chi connectivity index (χ4n) is 3.13. The fraction of sp³-hybridized carbons (Fsp3) is 1.00. The highest BCUT2D eigenvalue weighted by molar-refractivity contribution is 7.91. The van der Waals surface area contributed by atoms with E-state index in [9.17, 15) is 8.42 Å². The smallest absolute Gasteiger partial charge is 0.151 e. The third kappa shape index (κ3) is 2.84. The molecule has 2 saturated carbocycles. The van der Waals surface area contributed by atoms with E-state index in [0.29, 0.717) is 11.3 Å². The molecule has 2 aliphatic carbocycles. The third-order valence-corrected chi connectivity index (χ3v) is 6.50. The summed E-state index contributed by atoms with van der Waals surface area (Å²) in [6.45, 7) is 5.55. The van der Waals surface area contributed by atoms with Gasteiger partial charge in [0, 0.05) is 18.8 Å². The second kappa shape index (κ2) is 4.54. The van der Waals surface area contributed by atoms with Gasteiger partial charge in [-0.25, -0.2) is 8.42 Å². The molecular weight excluding hydrogens is 234 g/mol. The van der Waals surface area contributed by atoms with Gasteiger partial charge in [0.25, 0.3) is 0 Å². The van der Waals surface area contributed by atoms with Gasteiger partial charge in [0.05, 0.1) is 5.25 Å². The van der Waals surface area contributed by atoms with Crippen LogP contribution in [0, 0.1) is 11.3 Å².